The Hall–Kier alpha value is -1.79. The van der Waals surface area contributed by atoms with Crippen LogP contribution in [0.1, 0.15) is 50.0 Å². The van der Waals surface area contributed by atoms with E-state index >= 15 is 0 Å². The van der Waals surface area contributed by atoms with Gasteiger partial charge in [0.25, 0.3) is 0 Å². The summed E-state index contributed by atoms with van der Waals surface area (Å²) >= 11 is 0. The van der Waals surface area contributed by atoms with Crippen LogP contribution in [0.15, 0.2) is 24.3 Å². The molecular formula is C21H32N2O4. The van der Waals surface area contributed by atoms with Crippen molar-refractivity contribution in [3.63, 3.8) is 0 Å². The van der Waals surface area contributed by atoms with Gasteiger partial charge in [-0.2, -0.15) is 0 Å². The van der Waals surface area contributed by atoms with Crippen molar-refractivity contribution >= 4 is 6.09 Å². The topological polar surface area (TPSA) is 74.0 Å². The van der Waals surface area contributed by atoms with E-state index in [1.165, 1.54) is 12.7 Å². The number of piperidine rings is 1. The summed E-state index contributed by atoms with van der Waals surface area (Å²) in [7, 11) is 3.15. The van der Waals surface area contributed by atoms with Crippen molar-refractivity contribution in [2.24, 2.45) is 5.73 Å². The molecule has 0 aromatic heterocycles. The maximum absolute atomic E-state index is 12.0. The van der Waals surface area contributed by atoms with E-state index in [4.69, 9.17) is 19.9 Å². The molecule has 1 aliphatic carbocycles. The van der Waals surface area contributed by atoms with Crippen LogP contribution in [-0.2, 0) is 9.47 Å². The highest BCUT2D eigenvalue weighted by Gasteiger charge is 2.34. The molecule has 150 valence electrons. The van der Waals surface area contributed by atoms with Gasteiger partial charge in [-0.1, -0.05) is 18.2 Å². The zero-order chi connectivity index (χ0) is 19.2. The Morgan fingerprint density at radius 1 is 1.15 bits per heavy atom. The summed E-state index contributed by atoms with van der Waals surface area (Å²) in [6, 6.07) is 8.13. The van der Waals surface area contributed by atoms with Crippen molar-refractivity contribution < 1.29 is 19.0 Å². The van der Waals surface area contributed by atoms with Crippen molar-refractivity contribution in [3.8, 4) is 5.75 Å². The number of methoxy groups -OCH3 is 2. The third-order valence-corrected chi connectivity index (χ3v) is 6.00. The van der Waals surface area contributed by atoms with Gasteiger partial charge >= 0.3 is 6.09 Å². The average molecular weight is 376 g/mol. The predicted octanol–water partition coefficient (Wildman–Crippen LogP) is 3.30. The Bertz CT molecular complexity index is 616. The maximum atomic E-state index is 12.0. The predicted molar refractivity (Wildman–Crippen MR) is 104 cm³/mol. The molecule has 2 atom stereocenters. The molecule has 1 heterocycles. The first kappa shape index (κ1) is 20.0. The third kappa shape index (κ3) is 4.74. The number of nitrogens with two attached hydrogens (primary N) is 1. The van der Waals surface area contributed by atoms with E-state index in [0.717, 1.165) is 44.3 Å². The van der Waals surface area contributed by atoms with E-state index in [1.807, 2.05) is 12.1 Å². The number of hydrogen-bond donors (Lipinski definition) is 1. The number of ether oxygens (including phenoxy) is 3. The zero-order valence-corrected chi connectivity index (χ0v) is 16.4. The lowest BCUT2D eigenvalue weighted by Gasteiger charge is -2.39. The lowest BCUT2D eigenvalue weighted by Crippen LogP contribution is -2.56. The summed E-state index contributed by atoms with van der Waals surface area (Å²) in [5, 5.41) is 0. The Labute approximate surface area is 161 Å². The van der Waals surface area contributed by atoms with E-state index in [1.54, 1.807) is 12.0 Å². The van der Waals surface area contributed by atoms with Gasteiger partial charge in [-0.05, 0) is 56.1 Å². The number of para-hydroxylation sites is 1. The minimum atomic E-state index is -0.307. The van der Waals surface area contributed by atoms with Gasteiger partial charge in [0.1, 0.15) is 5.75 Å². The van der Waals surface area contributed by atoms with Crippen molar-refractivity contribution in [2.75, 3.05) is 27.4 Å². The van der Waals surface area contributed by atoms with Crippen LogP contribution in [0.4, 0.5) is 4.79 Å². The van der Waals surface area contributed by atoms with Crippen LogP contribution in [0, 0.1) is 0 Å². The summed E-state index contributed by atoms with van der Waals surface area (Å²) < 4.78 is 16.6. The first-order chi connectivity index (χ1) is 13.1. The molecule has 2 N–H and O–H groups in total. The summed E-state index contributed by atoms with van der Waals surface area (Å²) in [6.07, 6.45) is 5.96. The summed E-state index contributed by atoms with van der Waals surface area (Å²) in [4.78, 5) is 13.7. The highest BCUT2D eigenvalue weighted by Crippen LogP contribution is 2.38. The van der Waals surface area contributed by atoms with E-state index in [0.29, 0.717) is 19.1 Å². The number of carbonyl (C=O) groups is 1. The van der Waals surface area contributed by atoms with Gasteiger partial charge in [-0.25, -0.2) is 4.79 Å². The van der Waals surface area contributed by atoms with Gasteiger partial charge < -0.3 is 24.8 Å². The van der Waals surface area contributed by atoms with Gasteiger partial charge in [-0.3, -0.25) is 0 Å². The first-order valence-electron chi connectivity index (χ1n) is 9.98. The average Bonchev–Trinajstić information content (AvgIpc) is 2.72. The summed E-state index contributed by atoms with van der Waals surface area (Å²) in [5.41, 5.74) is 7.56. The number of nitrogens with zero attached hydrogens (tertiary/aromatic N) is 1. The quantitative estimate of drug-likeness (QED) is 0.853. The zero-order valence-electron chi connectivity index (χ0n) is 16.4. The minimum Gasteiger partial charge on any atom is -0.496 e. The monoisotopic (exact) mass is 376 g/mol. The molecule has 6 heteroatoms. The number of rotatable bonds is 5. The highest BCUT2D eigenvalue weighted by atomic mass is 16.5. The summed E-state index contributed by atoms with van der Waals surface area (Å²) in [6.45, 7) is 1.18. The SMILES string of the molecule is COC(=O)N1CCC[C@H](N)[C@@H]1COC1CCC(c2ccccc2OC)CC1. The lowest BCUT2D eigenvalue weighted by molar-refractivity contribution is -0.0230. The van der Waals surface area contributed by atoms with Gasteiger partial charge in [0, 0.05) is 12.6 Å². The van der Waals surface area contributed by atoms with Crippen LogP contribution in [0.2, 0.25) is 0 Å². The fourth-order valence-corrected chi connectivity index (χ4v) is 4.42. The van der Waals surface area contributed by atoms with Crippen LogP contribution in [0.5, 0.6) is 5.75 Å². The standard InChI is InChI=1S/C21H32N2O4/c1-25-20-8-4-3-6-17(20)15-9-11-16(12-10-15)27-14-19-18(22)7-5-13-23(19)21(24)26-2/h3-4,6,8,15-16,18-19H,5,7,9-14,22H2,1-2H3/t15?,16?,18-,19-/m0/s1. The Kier molecular flexibility index (Phi) is 6.96. The van der Waals surface area contributed by atoms with E-state index in [2.05, 4.69) is 12.1 Å². The molecule has 27 heavy (non-hydrogen) atoms. The molecule has 1 saturated heterocycles. The van der Waals surface area contributed by atoms with Crippen LogP contribution >= 0.6 is 0 Å². The largest absolute Gasteiger partial charge is 0.496 e. The minimum absolute atomic E-state index is 0.0530. The van der Waals surface area contributed by atoms with E-state index in [-0.39, 0.29) is 24.3 Å². The Balaban J connectivity index is 1.52. The number of amides is 1. The Morgan fingerprint density at radius 3 is 2.59 bits per heavy atom. The molecule has 2 fully saturated rings. The van der Waals surface area contributed by atoms with Crippen molar-refractivity contribution in [1.29, 1.82) is 0 Å². The molecule has 0 unspecified atom stereocenters. The normalized spacial score (nSPS) is 28.6. The van der Waals surface area contributed by atoms with Gasteiger partial charge in [0.2, 0.25) is 0 Å². The van der Waals surface area contributed by atoms with Crippen LogP contribution < -0.4 is 10.5 Å². The van der Waals surface area contributed by atoms with E-state index in [9.17, 15) is 4.79 Å². The van der Waals surface area contributed by atoms with Gasteiger partial charge in [0.05, 0.1) is 33.0 Å². The number of carbonyl (C=O) groups excluding carboxylic acids is 1. The second-order valence-electron chi connectivity index (χ2n) is 7.59. The molecule has 1 aromatic rings. The highest BCUT2D eigenvalue weighted by molar-refractivity contribution is 5.68. The maximum Gasteiger partial charge on any atom is 0.409 e. The fraction of sp³-hybridized carbons (Fsp3) is 0.667. The number of likely N-dealkylation sites (tertiary alicyclic amines) is 1. The second kappa shape index (κ2) is 9.42. The first-order valence-corrected chi connectivity index (χ1v) is 9.98. The molecule has 1 saturated carbocycles. The molecule has 0 spiro atoms. The van der Waals surface area contributed by atoms with E-state index < -0.39 is 0 Å². The third-order valence-electron chi connectivity index (χ3n) is 6.00. The fourth-order valence-electron chi connectivity index (χ4n) is 4.42. The molecule has 2 aliphatic rings. The molecule has 1 aliphatic heterocycles. The van der Waals surface area contributed by atoms with Crippen LogP contribution in [-0.4, -0.2) is 56.6 Å². The van der Waals surface area contributed by atoms with Crippen molar-refractivity contribution in [3.05, 3.63) is 29.8 Å². The molecule has 3 rings (SSSR count). The van der Waals surface area contributed by atoms with Crippen LogP contribution in [0.3, 0.4) is 0 Å². The Morgan fingerprint density at radius 2 is 1.89 bits per heavy atom. The van der Waals surface area contributed by atoms with Crippen LogP contribution in [0.25, 0.3) is 0 Å². The van der Waals surface area contributed by atoms with Crippen molar-refractivity contribution in [2.45, 2.75) is 62.6 Å². The molecule has 1 amide bonds. The lowest BCUT2D eigenvalue weighted by atomic mass is 9.82. The van der Waals surface area contributed by atoms with Gasteiger partial charge in [-0.15, -0.1) is 0 Å². The number of hydrogen-bond acceptors (Lipinski definition) is 5. The molecule has 0 bridgehead atoms. The smallest absolute Gasteiger partial charge is 0.409 e. The van der Waals surface area contributed by atoms with Crippen molar-refractivity contribution in [1.82, 2.24) is 4.90 Å². The second-order valence-corrected chi connectivity index (χ2v) is 7.59. The van der Waals surface area contributed by atoms with Gasteiger partial charge in [0.15, 0.2) is 0 Å². The molecule has 1 aromatic carbocycles. The summed E-state index contributed by atoms with van der Waals surface area (Å²) in [5.74, 6) is 1.49. The molecule has 6 nitrogen and oxygen atoms in total. The number of benzene rings is 1. The molecular weight excluding hydrogens is 344 g/mol. The molecule has 0 radical (unpaired) electrons.